The molecule has 0 amide bonds. The Hall–Kier alpha value is -1.51. The second kappa shape index (κ2) is 2.02. The van der Waals surface area contributed by atoms with E-state index in [4.69, 9.17) is 0 Å². The van der Waals surface area contributed by atoms with Crippen molar-refractivity contribution in [3.05, 3.63) is 30.7 Å². The SMILES string of the molecule is c1cc2nccc-2cnn1. The summed E-state index contributed by atoms with van der Waals surface area (Å²) in [6.07, 6.45) is 5.09. The molecule has 2 rings (SSSR count). The lowest BCUT2D eigenvalue weighted by atomic mass is 10.3. The van der Waals surface area contributed by atoms with Gasteiger partial charge in [-0.15, -0.1) is 0 Å². The molecular weight excluding hydrogens is 126 g/mol. The number of nitrogens with zero attached hydrogens (tertiary/aromatic N) is 3. The Morgan fingerprint density at radius 3 is 3.00 bits per heavy atom. The third-order valence-electron chi connectivity index (χ3n) is 1.33. The van der Waals surface area contributed by atoms with Crippen LogP contribution in [0.3, 0.4) is 0 Å². The number of rotatable bonds is 0. The maximum absolute atomic E-state index is 4.08. The molecule has 3 nitrogen and oxygen atoms in total. The largest absolute Gasteiger partial charge is 0.256 e. The van der Waals surface area contributed by atoms with Crippen LogP contribution in [-0.2, 0) is 0 Å². The molecule has 0 unspecified atom stereocenters. The Kier molecular flexibility index (Phi) is 1.07. The van der Waals surface area contributed by atoms with E-state index in [0.717, 1.165) is 11.3 Å². The minimum absolute atomic E-state index is 0.935. The highest BCUT2D eigenvalue weighted by Crippen LogP contribution is 2.14. The van der Waals surface area contributed by atoms with Crippen LogP contribution in [0.5, 0.6) is 0 Å². The van der Waals surface area contributed by atoms with Crippen molar-refractivity contribution in [2.24, 2.45) is 0 Å². The molecule has 2 aliphatic heterocycles. The molecule has 0 aromatic heterocycles. The Labute approximate surface area is 58.1 Å². The van der Waals surface area contributed by atoms with Crippen LogP contribution < -0.4 is 0 Å². The van der Waals surface area contributed by atoms with Crippen LogP contribution in [0.2, 0.25) is 0 Å². The quantitative estimate of drug-likeness (QED) is 0.534. The van der Waals surface area contributed by atoms with E-state index in [2.05, 4.69) is 15.2 Å². The summed E-state index contributed by atoms with van der Waals surface area (Å²) in [5.41, 5.74) is 1.96. The summed E-state index contributed by atoms with van der Waals surface area (Å²) in [6, 6.07) is 3.74. The molecule has 48 valence electrons. The van der Waals surface area contributed by atoms with Crippen LogP contribution in [0.15, 0.2) is 30.7 Å². The van der Waals surface area contributed by atoms with Gasteiger partial charge in [-0.25, -0.2) is 0 Å². The van der Waals surface area contributed by atoms with Crippen molar-refractivity contribution in [3.8, 4) is 11.3 Å². The normalized spacial score (nSPS) is 10.0. The van der Waals surface area contributed by atoms with E-state index in [-0.39, 0.29) is 0 Å². The second-order valence-corrected chi connectivity index (χ2v) is 1.96. The van der Waals surface area contributed by atoms with Gasteiger partial charge in [0.2, 0.25) is 0 Å². The molecule has 3 heteroatoms. The fourth-order valence-corrected chi connectivity index (χ4v) is 0.844. The van der Waals surface area contributed by atoms with Crippen molar-refractivity contribution < 1.29 is 0 Å². The Morgan fingerprint density at radius 2 is 2.00 bits per heavy atom. The van der Waals surface area contributed by atoms with Crippen molar-refractivity contribution in [2.75, 3.05) is 0 Å². The lowest BCUT2D eigenvalue weighted by Gasteiger charge is -1.81. The molecule has 0 saturated heterocycles. The first-order valence-corrected chi connectivity index (χ1v) is 2.98. The second-order valence-electron chi connectivity index (χ2n) is 1.96. The van der Waals surface area contributed by atoms with Gasteiger partial charge < -0.3 is 0 Å². The maximum atomic E-state index is 4.08. The number of aromatic nitrogens is 3. The van der Waals surface area contributed by atoms with Crippen LogP contribution >= 0.6 is 0 Å². The van der Waals surface area contributed by atoms with Crippen molar-refractivity contribution in [1.29, 1.82) is 0 Å². The van der Waals surface area contributed by atoms with E-state index in [0.29, 0.717) is 0 Å². The first-order chi connectivity index (χ1) is 4.97. The molecule has 0 aliphatic carbocycles. The summed E-state index contributed by atoms with van der Waals surface area (Å²) >= 11 is 0. The van der Waals surface area contributed by atoms with Gasteiger partial charge in [-0.1, -0.05) is 0 Å². The van der Waals surface area contributed by atoms with Gasteiger partial charge in [0.25, 0.3) is 0 Å². The zero-order chi connectivity index (χ0) is 6.81. The zero-order valence-corrected chi connectivity index (χ0v) is 5.23. The summed E-state index contributed by atoms with van der Waals surface area (Å²) in [4.78, 5) is 4.08. The minimum Gasteiger partial charge on any atom is -0.256 e. The molecule has 0 fully saturated rings. The minimum atomic E-state index is 0.935. The van der Waals surface area contributed by atoms with E-state index in [1.54, 1.807) is 18.6 Å². The Balaban J connectivity index is 2.74. The van der Waals surface area contributed by atoms with E-state index in [1.165, 1.54) is 0 Å². The summed E-state index contributed by atoms with van der Waals surface area (Å²) in [5, 5.41) is 7.46. The summed E-state index contributed by atoms with van der Waals surface area (Å²) in [7, 11) is 0. The lowest BCUT2D eigenvalue weighted by molar-refractivity contribution is 1.06. The van der Waals surface area contributed by atoms with Crippen LogP contribution in [0.4, 0.5) is 0 Å². The molecule has 0 bridgehead atoms. The molecule has 0 radical (unpaired) electrons. The van der Waals surface area contributed by atoms with Crippen LogP contribution in [0.25, 0.3) is 11.3 Å². The van der Waals surface area contributed by atoms with E-state index in [9.17, 15) is 0 Å². The molecule has 0 aromatic rings. The topological polar surface area (TPSA) is 38.7 Å². The molecule has 0 N–H and O–H groups in total. The van der Waals surface area contributed by atoms with Gasteiger partial charge in [0.15, 0.2) is 0 Å². The summed E-state index contributed by atoms with van der Waals surface area (Å²) < 4.78 is 0. The molecule has 0 aromatic carbocycles. The maximum Gasteiger partial charge on any atom is 0.0734 e. The van der Waals surface area contributed by atoms with E-state index in [1.807, 2.05) is 12.1 Å². The number of fused-ring (bicyclic) bond motifs is 1. The van der Waals surface area contributed by atoms with Crippen molar-refractivity contribution in [3.63, 3.8) is 0 Å². The molecule has 2 heterocycles. The van der Waals surface area contributed by atoms with Gasteiger partial charge >= 0.3 is 0 Å². The van der Waals surface area contributed by atoms with Gasteiger partial charge in [0.05, 0.1) is 18.1 Å². The number of hydrogen-bond donors (Lipinski definition) is 0. The average Bonchev–Trinajstić information content (AvgIpc) is 2.28. The smallest absolute Gasteiger partial charge is 0.0734 e. The highest BCUT2D eigenvalue weighted by molar-refractivity contribution is 5.58. The molecular formula is C7H5N3. The fraction of sp³-hybridized carbons (Fsp3) is 0. The van der Waals surface area contributed by atoms with Gasteiger partial charge in [0.1, 0.15) is 0 Å². The van der Waals surface area contributed by atoms with Gasteiger partial charge in [-0.05, 0) is 12.1 Å². The molecule has 10 heavy (non-hydrogen) atoms. The number of hydrogen-bond acceptors (Lipinski definition) is 3. The van der Waals surface area contributed by atoms with Crippen molar-refractivity contribution in [2.45, 2.75) is 0 Å². The third kappa shape index (κ3) is 0.719. The van der Waals surface area contributed by atoms with Crippen molar-refractivity contribution in [1.82, 2.24) is 15.2 Å². The first kappa shape index (κ1) is 5.29. The van der Waals surface area contributed by atoms with Crippen LogP contribution in [0, 0.1) is 0 Å². The molecule has 0 saturated carbocycles. The Bertz CT molecular complexity index is 280. The highest BCUT2D eigenvalue weighted by Gasteiger charge is 1.98. The first-order valence-electron chi connectivity index (χ1n) is 2.98. The average molecular weight is 131 g/mol. The van der Waals surface area contributed by atoms with E-state index < -0.39 is 0 Å². The van der Waals surface area contributed by atoms with Gasteiger partial charge in [-0.2, -0.15) is 10.2 Å². The molecule has 0 spiro atoms. The van der Waals surface area contributed by atoms with Gasteiger partial charge in [0, 0.05) is 11.8 Å². The van der Waals surface area contributed by atoms with Gasteiger partial charge in [-0.3, -0.25) is 4.98 Å². The fourth-order valence-electron chi connectivity index (χ4n) is 0.844. The predicted octanol–water partition coefficient (Wildman–Crippen LogP) is 0.976. The summed E-state index contributed by atoms with van der Waals surface area (Å²) in [5.74, 6) is 0. The van der Waals surface area contributed by atoms with Crippen molar-refractivity contribution >= 4 is 0 Å². The van der Waals surface area contributed by atoms with Crippen LogP contribution in [-0.4, -0.2) is 15.2 Å². The summed E-state index contributed by atoms with van der Waals surface area (Å²) in [6.45, 7) is 0. The van der Waals surface area contributed by atoms with Crippen LogP contribution in [0.1, 0.15) is 0 Å². The Morgan fingerprint density at radius 1 is 1.00 bits per heavy atom. The lowest BCUT2D eigenvalue weighted by Crippen LogP contribution is -1.67. The van der Waals surface area contributed by atoms with E-state index >= 15 is 0 Å². The predicted molar refractivity (Wildman–Crippen MR) is 36.4 cm³/mol. The third-order valence-corrected chi connectivity index (χ3v) is 1.33. The standard InChI is InChI=1S/C7H5N3/c1-3-8-7-2-4-9-10-5-6(1)7/h1-5H. The highest BCUT2D eigenvalue weighted by atomic mass is 15.1. The molecule has 2 aliphatic rings. The molecule has 0 atom stereocenters. The monoisotopic (exact) mass is 131 g/mol. The zero-order valence-electron chi connectivity index (χ0n) is 5.23.